The van der Waals surface area contributed by atoms with Gasteiger partial charge in [-0.15, -0.1) is 0 Å². The van der Waals surface area contributed by atoms with Crippen LogP contribution in [0.5, 0.6) is 0 Å². The lowest BCUT2D eigenvalue weighted by Crippen LogP contribution is -2.32. The van der Waals surface area contributed by atoms with Crippen LogP contribution in [0.15, 0.2) is 24.3 Å². The van der Waals surface area contributed by atoms with Gasteiger partial charge in [-0.25, -0.2) is 4.98 Å². The number of nitrogens with one attached hydrogen (secondary N) is 1. The molecule has 4 rings (SSSR count). The molecular weight excluding hydrogens is 378 g/mol. The number of nitrogens with two attached hydrogens (primary N) is 1. The summed E-state index contributed by atoms with van der Waals surface area (Å²) in [6.45, 7) is 3.75. The van der Waals surface area contributed by atoms with E-state index in [2.05, 4.69) is 20.2 Å². The Hall–Kier alpha value is -2.38. The number of halogens is 1. The zero-order chi connectivity index (χ0) is 19.7. The number of hydrogen-bond donors (Lipinski definition) is 2. The Labute approximate surface area is 169 Å². The van der Waals surface area contributed by atoms with Crippen molar-refractivity contribution in [3.05, 3.63) is 46.1 Å². The van der Waals surface area contributed by atoms with Crippen molar-refractivity contribution in [1.29, 1.82) is 0 Å². The third-order valence-corrected chi connectivity index (χ3v) is 5.37. The fraction of sp³-hybridized carbons (Fsp3) is 0.450. The van der Waals surface area contributed by atoms with E-state index in [9.17, 15) is 4.79 Å². The maximum Gasteiger partial charge on any atom is 0.251 e. The van der Waals surface area contributed by atoms with Crippen molar-refractivity contribution in [2.45, 2.75) is 38.3 Å². The molecule has 1 saturated heterocycles. The highest BCUT2D eigenvalue weighted by atomic mass is 35.5. The minimum absolute atomic E-state index is 0.0661. The Morgan fingerprint density at radius 3 is 2.89 bits per heavy atom. The van der Waals surface area contributed by atoms with Gasteiger partial charge in [-0.05, 0) is 49.9 Å². The zero-order valence-electron chi connectivity index (χ0n) is 15.8. The molecule has 28 heavy (non-hydrogen) atoms. The van der Waals surface area contributed by atoms with Gasteiger partial charge in [0.05, 0.1) is 12.6 Å². The molecule has 1 saturated carbocycles. The molecule has 8 heteroatoms. The summed E-state index contributed by atoms with van der Waals surface area (Å²) in [6.07, 6.45) is 2.95. The summed E-state index contributed by atoms with van der Waals surface area (Å²) in [4.78, 5) is 23.2. The number of anilines is 2. The van der Waals surface area contributed by atoms with Gasteiger partial charge >= 0.3 is 0 Å². The van der Waals surface area contributed by atoms with Crippen LogP contribution < -0.4 is 16.0 Å². The Balaban J connectivity index is 1.70. The monoisotopic (exact) mass is 401 g/mol. The number of carbonyl (C=O) groups is 1. The van der Waals surface area contributed by atoms with Gasteiger partial charge in [0.1, 0.15) is 5.82 Å². The molecule has 2 aromatic rings. The van der Waals surface area contributed by atoms with Crippen molar-refractivity contribution >= 4 is 29.3 Å². The highest BCUT2D eigenvalue weighted by Crippen LogP contribution is 2.34. The average molecular weight is 402 g/mol. The van der Waals surface area contributed by atoms with E-state index in [0.717, 1.165) is 42.9 Å². The van der Waals surface area contributed by atoms with E-state index in [0.29, 0.717) is 29.8 Å². The number of carbonyl (C=O) groups excluding carboxylic acids is 1. The highest BCUT2D eigenvalue weighted by molar-refractivity contribution is 6.31. The van der Waals surface area contributed by atoms with Crippen molar-refractivity contribution < 1.29 is 9.53 Å². The van der Waals surface area contributed by atoms with Crippen LogP contribution in [0, 0.1) is 6.92 Å². The van der Waals surface area contributed by atoms with E-state index in [4.69, 9.17) is 22.1 Å². The van der Waals surface area contributed by atoms with Gasteiger partial charge in [0, 0.05) is 41.5 Å². The summed E-state index contributed by atoms with van der Waals surface area (Å²) in [6, 6.07) is 7.45. The van der Waals surface area contributed by atoms with E-state index in [1.165, 1.54) is 0 Å². The SMILES string of the molecule is Cc1cc(N2CCCOC[C@H]2c2cc(C(=O)NC3CC3)ccc2Cl)nc(N)n1. The molecule has 7 nitrogen and oxygen atoms in total. The first-order chi connectivity index (χ1) is 13.5. The summed E-state index contributed by atoms with van der Waals surface area (Å²) in [5.74, 6) is 0.913. The Kier molecular flexibility index (Phi) is 5.37. The van der Waals surface area contributed by atoms with Gasteiger partial charge in [-0.3, -0.25) is 4.79 Å². The fourth-order valence-electron chi connectivity index (χ4n) is 3.47. The second-order valence-electron chi connectivity index (χ2n) is 7.35. The maximum absolute atomic E-state index is 12.5. The smallest absolute Gasteiger partial charge is 0.251 e. The van der Waals surface area contributed by atoms with Crippen LogP contribution >= 0.6 is 11.6 Å². The van der Waals surface area contributed by atoms with Crippen molar-refractivity contribution in [2.24, 2.45) is 0 Å². The van der Waals surface area contributed by atoms with E-state index in [1.807, 2.05) is 19.1 Å². The molecule has 1 aliphatic heterocycles. The summed E-state index contributed by atoms with van der Waals surface area (Å²) in [5.41, 5.74) is 8.13. The number of nitrogens with zero attached hydrogens (tertiary/aromatic N) is 3. The minimum atomic E-state index is -0.169. The highest BCUT2D eigenvalue weighted by Gasteiger charge is 2.29. The molecule has 1 atom stereocenters. The van der Waals surface area contributed by atoms with Gasteiger partial charge in [0.15, 0.2) is 0 Å². The second-order valence-corrected chi connectivity index (χ2v) is 7.75. The molecule has 1 amide bonds. The number of aromatic nitrogens is 2. The van der Waals surface area contributed by atoms with E-state index in [-0.39, 0.29) is 17.9 Å². The number of ether oxygens (including phenoxy) is 1. The number of nitrogen functional groups attached to an aromatic ring is 1. The van der Waals surface area contributed by atoms with Crippen LogP contribution in [-0.4, -0.2) is 41.7 Å². The van der Waals surface area contributed by atoms with Crippen molar-refractivity contribution in [3.8, 4) is 0 Å². The lowest BCUT2D eigenvalue weighted by Gasteiger charge is -2.31. The van der Waals surface area contributed by atoms with Crippen molar-refractivity contribution in [1.82, 2.24) is 15.3 Å². The molecule has 0 spiro atoms. The van der Waals surface area contributed by atoms with Crippen LogP contribution in [0.25, 0.3) is 0 Å². The lowest BCUT2D eigenvalue weighted by molar-refractivity contribution is 0.0950. The summed E-state index contributed by atoms with van der Waals surface area (Å²) < 4.78 is 5.83. The maximum atomic E-state index is 12.5. The van der Waals surface area contributed by atoms with Gasteiger partial charge in [-0.1, -0.05) is 11.6 Å². The Bertz CT molecular complexity index is 867. The molecule has 0 radical (unpaired) electrons. The molecule has 2 heterocycles. The number of hydrogen-bond acceptors (Lipinski definition) is 6. The topological polar surface area (TPSA) is 93.4 Å². The summed E-state index contributed by atoms with van der Waals surface area (Å²) in [7, 11) is 0. The zero-order valence-corrected chi connectivity index (χ0v) is 16.6. The first kappa shape index (κ1) is 19.0. The molecule has 1 aromatic carbocycles. The second kappa shape index (κ2) is 7.93. The molecule has 0 unspecified atom stereocenters. The molecule has 1 aliphatic carbocycles. The number of aryl methyl sites for hydroxylation is 1. The third-order valence-electron chi connectivity index (χ3n) is 5.02. The number of rotatable bonds is 4. The minimum Gasteiger partial charge on any atom is -0.379 e. The first-order valence-electron chi connectivity index (χ1n) is 9.57. The van der Waals surface area contributed by atoms with Gasteiger partial charge in [0.25, 0.3) is 5.91 Å². The first-order valence-corrected chi connectivity index (χ1v) is 9.95. The largest absolute Gasteiger partial charge is 0.379 e. The van der Waals surface area contributed by atoms with E-state index < -0.39 is 0 Å². The molecule has 2 fully saturated rings. The average Bonchev–Trinajstić information content (AvgIpc) is 3.47. The van der Waals surface area contributed by atoms with Crippen molar-refractivity contribution in [2.75, 3.05) is 30.4 Å². The van der Waals surface area contributed by atoms with E-state index in [1.54, 1.807) is 12.1 Å². The van der Waals surface area contributed by atoms with E-state index >= 15 is 0 Å². The van der Waals surface area contributed by atoms with Crippen LogP contribution in [0.4, 0.5) is 11.8 Å². The number of benzene rings is 1. The molecule has 3 N–H and O–H groups in total. The quantitative estimate of drug-likeness (QED) is 0.818. The molecule has 1 aromatic heterocycles. The normalized spacial score (nSPS) is 19.9. The van der Waals surface area contributed by atoms with Crippen LogP contribution in [0.3, 0.4) is 0 Å². The van der Waals surface area contributed by atoms with Crippen molar-refractivity contribution in [3.63, 3.8) is 0 Å². The van der Waals surface area contributed by atoms with Gasteiger partial charge in [0.2, 0.25) is 5.95 Å². The molecule has 2 aliphatic rings. The standard InChI is InChI=1S/C20H24ClN5O2/c1-12-9-18(25-20(22)23-12)26-7-2-8-28-11-17(26)15-10-13(3-6-16(15)21)19(27)24-14-4-5-14/h3,6,9-10,14,17H,2,4-5,7-8,11H2,1H3,(H,24,27)(H2,22,23,25)/t17-/m0/s1. The Morgan fingerprint density at radius 1 is 1.32 bits per heavy atom. The van der Waals surface area contributed by atoms with Gasteiger partial charge < -0.3 is 20.7 Å². The lowest BCUT2D eigenvalue weighted by atomic mass is 10.0. The van der Waals surface area contributed by atoms with Crippen LogP contribution in [-0.2, 0) is 4.74 Å². The predicted octanol–water partition coefficient (Wildman–Crippen LogP) is 2.88. The fourth-order valence-corrected chi connectivity index (χ4v) is 3.71. The Morgan fingerprint density at radius 2 is 2.14 bits per heavy atom. The number of amides is 1. The third kappa shape index (κ3) is 4.20. The summed E-state index contributed by atoms with van der Waals surface area (Å²) >= 11 is 6.55. The van der Waals surface area contributed by atoms with Gasteiger partial charge in [-0.2, -0.15) is 4.98 Å². The van der Waals surface area contributed by atoms with Crippen LogP contribution in [0.1, 0.15) is 46.9 Å². The molecule has 148 valence electrons. The molecular formula is C20H24ClN5O2. The molecule has 0 bridgehead atoms. The summed E-state index contributed by atoms with van der Waals surface area (Å²) in [5, 5.41) is 3.63. The van der Waals surface area contributed by atoms with Crippen LogP contribution in [0.2, 0.25) is 5.02 Å². The predicted molar refractivity (Wildman–Crippen MR) is 109 cm³/mol.